The van der Waals surface area contributed by atoms with Gasteiger partial charge in [-0.25, -0.2) is 0 Å². The molecule has 0 saturated carbocycles. The molecule has 1 fully saturated rings. The van der Waals surface area contributed by atoms with Gasteiger partial charge in [-0.2, -0.15) is 0 Å². The lowest BCUT2D eigenvalue weighted by atomic mass is 9.94. The Hall–Kier alpha value is -0.160. The highest BCUT2D eigenvalue weighted by Gasteiger charge is 2.39. The van der Waals surface area contributed by atoms with Crippen LogP contribution in [0.5, 0.6) is 0 Å². The third-order valence-corrected chi connectivity index (χ3v) is 1.83. The van der Waals surface area contributed by atoms with E-state index in [0.29, 0.717) is 6.42 Å². The molecule has 1 aliphatic heterocycles. The molecule has 3 atom stereocenters. The van der Waals surface area contributed by atoms with Crippen molar-refractivity contribution in [3.8, 4) is 0 Å². The Labute approximate surface area is 79.2 Å². The van der Waals surface area contributed by atoms with E-state index in [9.17, 15) is 5.11 Å². The number of aliphatic hydroxyl groups is 3. The maximum Gasteiger partial charge on any atom is 0.184 e. The molecule has 4 heteroatoms. The predicted molar refractivity (Wildman–Crippen MR) is 49.1 cm³/mol. The van der Waals surface area contributed by atoms with Crippen molar-refractivity contribution in [2.45, 2.75) is 58.2 Å². The molecule has 0 amide bonds. The molecule has 0 radical (unpaired) electrons. The Morgan fingerprint density at radius 2 is 1.62 bits per heavy atom. The minimum Gasteiger partial charge on any atom is -0.390 e. The summed E-state index contributed by atoms with van der Waals surface area (Å²) in [5, 5.41) is 27.3. The zero-order valence-electron chi connectivity index (χ0n) is 8.69. The van der Waals surface area contributed by atoms with Gasteiger partial charge in [0.15, 0.2) is 6.29 Å². The Morgan fingerprint density at radius 3 is 2.00 bits per heavy atom. The summed E-state index contributed by atoms with van der Waals surface area (Å²) in [6, 6.07) is 0. The van der Waals surface area contributed by atoms with Crippen LogP contribution in [0.15, 0.2) is 0 Å². The summed E-state index contributed by atoms with van der Waals surface area (Å²) in [5.74, 6) is 0. The zero-order chi connectivity index (χ0) is 10.6. The summed E-state index contributed by atoms with van der Waals surface area (Å²) in [6.45, 7) is 7.51. The van der Waals surface area contributed by atoms with Gasteiger partial charge in [0.05, 0.1) is 11.7 Å². The molecule has 0 aromatic carbocycles. The van der Waals surface area contributed by atoms with Gasteiger partial charge in [0.2, 0.25) is 0 Å². The molecular formula is C9H20O4. The molecule has 3 N–H and O–H groups in total. The molecule has 0 spiro atoms. The lowest BCUT2D eigenvalue weighted by Crippen LogP contribution is -2.52. The first-order chi connectivity index (χ1) is 5.92. The van der Waals surface area contributed by atoms with E-state index in [4.69, 9.17) is 14.9 Å². The maximum atomic E-state index is 9.19. The Bertz CT molecular complexity index is 133. The Balaban J connectivity index is 0.000000671. The number of rotatable bonds is 0. The highest BCUT2D eigenvalue weighted by atomic mass is 16.6. The lowest BCUT2D eigenvalue weighted by molar-refractivity contribution is -0.273. The molecule has 4 nitrogen and oxygen atoms in total. The second-order valence-electron chi connectivity index (χ2n) is 3.53. The first-order valence-electron chi connectivity index (χ1n) is 4.64. The number of ether oxygens (including phenoxy) is 1. The summed E-state index contributed by atoms with van der Waals surface area (Å²) in [6.07, 6.45) is -3.00. The average molecular weight is 192 g/mol. The van der Waals surface area contributed by atoms with Crippen LogP contribution in [-0.2, 0) is 4.74 Å². The largest absolute Gasteiger partial charge is 0.390 e. The molecule has 1 saturated heterocycles. The fraction of sp³-hybridized carbons (Fsp3) is 1.00. The third kappa shape index (κ3) is 3.60. The summed E-state index contributed by atoms with van der Waals surface area (Å²) >= 11 is 0. The first-order valence-corrected chi connectivity index (χ1v) is 4.64. The van der Waals surface area contributed by atoms with E-state index < -0.39 is 24.1 Å². The van der Waals surface area contributed by atoms with E-state index in [1.165, 1.54) is 0 Å². The van der Waals surface area contributed by atoms with Crippen LogP contribution in [0.4, 0.5) is 0 Å². The summed E-state index contributed by atoms with van der Waals surface area (Å²) in [7, 11) is 0. The van der Waals surface area contributed by atoms with E-state index >= 15 is 0 Å². The fourth-order valence-corrected chi connectivity index (χ4v) is 1.26. The highest BCUT2D eigenvalue weighted by Crippen LogP contribution is 2.27. The normalized spacial score (nSPS) is 37.6. The van der Waals surface area contributed by atoms with Crippen molar-refractivity contribution in [3.63, 3.8) is 0 Å². The van der Waals surface area contributed by atoms with Crippen molar-refractivity contribution >= 4 is 0 Å². The molecule has 0 aromatic rings. The second kappa shape index (κ2) is 4.91. The minimum absolute atomic E-state index is 0.339. The van der Waals surface area contributed by atoms with Crippen LogP contribution >= 0.6 is 0 Å². The number of aliphatic hydroxyl groups excluding tert-OH is 3. The molecule has 1 aliphatic rings. The topological polar surface area (TPSA) is 69.9 Å². The smallest absolute Gasteiger partial charge is 0.184 e. The Morgan fingerprint density at radius 1 is 1.15 bits per heavy atom. The van der Waals surface area contributed by atoms with Gasteiger partial charge in [0, 0.05) is 6.42 Å². The lowest BCUT2D eigenvalue weighted by Gasteiger charge is -2.39. The van der Waals surface area contributed by atoms with Crippen LogP contribution in [0.3, 0.4) is 0 Å². The maximum absolute atomic E-state index is 9.19. The van der Waals surface area contributed by atoms with Crippen molar-refractivity contribution in [1.29, 1.82) is 0 Å². The fourth-order valence-electron chi connectivity index (χ4n) is 1.26. The highest BCUT2D eigenvalue weighted by molar-refractivity contribution is 4.85. The molecule has 13 heavy (non-hydrogen) atoms. The van der Waals surface area contributed by atoms with Crippen molar-refractivity contribution in [2.75, 3.05) is 0 Å². The van der Waals surface area contributed by atoms with E-state index in [2.05, 4.69) is 0 Å². The van der Waals surface area contributed by atoms with Crippen LogP contribution in [0, 0.1) is 0 Å². The zero-order valence-corrected chi connectivity index (χ0v) is 8.69. The molecule has 1 heterocycles. The van der Waals surface area contributed by atoms with Crippen LogP contribution in [0.2, 0.25) is 0 Å². The van der Waals surface area contributed by atoms with Crippen molar-refractivity contribution in [3.05, 3.63) is 0 Å². The van der Waals surface area contributed by atoms with Gasteiger partial charge >= 0.3 is 0 Å². The van der Waals surface area contributed by atoms with Crippen molar-refractivity contribution < 1.29 is 20.1 Å². The van der Waals surface area contributed by atoms with Crippen LogP contribution < -0.4 is 0 Å². The monoisotopic (exact) mass is 192 g/mol. The van der Waals surface area contributed by atoms with Crippen LogP contribution in [0.25, 0.3) is 0 Å². The third-order valence-electron chi connectivity index (χ3n) is 1.83. The second-order valence-corrected chi connectivity index (χ2v) is 3.53. The van der Waals surface area contributed by atoms with Gasteiger partial charge < -0.3 is 20.1 Å². The molecule has 80 valence electrons. The van der Waals surface area contributed by atoms with Crippen LogP contribution in [0.1, 0.15) is 34.1 Å². The number of hydrogen-bond donors (Lipinski definition) is 3. The van der Waals surface area contributed by atoms with Crippen molar-refractivity contribution in [2.24, 2.45) is 0 Å². The molecule has 0 aliphatic carbocycles. The summed E-state index contributed by atoms with van der Waals surface area (Å²) < 4.78 is 5.00. The van der Waals surface area contributed by atoms with Gasteiger partial charge in [0.1, 0.15) is 6.10 Å². The predicted octanol–water partition coefficient (Wildman–Crippen LogP) is 0.252. The van der Waals surface area contributed by atoms with Gasteiger partial charge in [-0.1, -0.05) is 13.8 Å². The summed E-state index contributed by atoms with van der Waals surface area (Å²) in [4.78, 5) is 0. The standard InChI is InChI=1S/C7H14O4.C2H6/c1-7(2)3-4(8)5(9)6(10)11-7;1-2/h4-6,8-10H,3H2,1-2H3;1-2H3/t4-,5?,6?;/m0./s1. The SMILES string of the molecule is CC.CC1(C)C[C@H](O)C(O)C(O)O1. The number of hydrogen-bond acceptors (Lipinski definition) is 4. The molecule has 2 unspecified atom stereocenters. The van der Waals surface area contributed by atoms with Crippen LogP contribution in [-0.4, -0.2) is 39.4 Å². The van der Waals surface area contributed by atoms with Gasteiger partial charge in [0.25, 0.3) is 0 Å². The van der Waals surface area contributed by atoms with Gasteiger partial charge in [-0.15, -0.1) is 0 Å². The minimum atomic E-state index is -1.27. The van der Waals surface area contributed by atoms with Gasteiger partial charge in [-0.3, -0.25) is 0 Å². The van der Waals surface area contributed by atoms with E-state index in [-0.39, 0.29) is 0 Å². The molecule has 0 aromatic heterocycles. The molecular weight excluding hydrogens is 172 g/mol. The van der Waals surface area contributed by atoms with E-state index in [0.717, 1.165) is 0 Å². The van der Waals surface area contributed by atoms with Gasteiger partial charge in [-0.05, 0) is 13.8 Å². The van der Waals surface area contributed by atoms with E-state index in [1.807, 2.05) is 13.8 Å². The van der Waals surface area contributed by atoms with Crippen molar-refractivity contribution in [1.82, 2.24) is 0 Å². The molecule has 0 bridgehead atoms. The quantitative estimate of drug-likeness (QED) is 0.514. The average Bonchev–Trinajstić information content (AvgIpc) is 2.02. The summed E-state index contributed by atoms with van der Waals surface area (Å²) in [5.41, 5.74) is -0.557. The Kier molecular flexibility index (Phi) is 4.85. The first kappa shape index (κ1) is 12.8. The molecule has 1 rings (SSSR count). The van der Waals surface area contributed by atoms with E-state index in [1.54, 1.807) is 13.8 Å².